The predicted molar refractivity (Wildman–Crippen MR) is 80.2 cm³/mol. The van der Waals surface area contributed by atoms with E-state index in [0.717, 1.165) is 31.2 Å². The fourth-order valence-electron chi connectivity index (χ4n) is 2.85. The van der Waals surface area contributed by atoms with E-state index in [9.17, 15) is 15.4 Å². The van der Waals surface area contributed by atoms with E-state index in [1.165, 1.54) is 6.07 Å². The number of hydrogen-bond donors (Lipinski definition) is 0. The topological polar surface area (TPSA) is 66.9 Å². The van der Waals surface area contributed by atoms with Crippen LogP contribution in [0.5, 0.6) is 0 Å². The van der Waals surface area contributed by atoms with Gasteiger partial charge in [0.2, 0.25) is 0 Å². The van der Waals surface area contributed by atoms with Crippen LogP contribution in [0, 0.1) is 32.8 Å². The molecule has 0 aliphatic heterocycles. The van der Waals surface area contributed by atoms with Gasteiger partial charge in [0.05, 0.1) is 20.9 Å². The SMILES string of the molecule is CC1CCC(C#N)(Cc2cccc([N+](=O)[O-])c2Br)CC1. The molecule has 0 radical (unpaired) electrons. The molecule has 1 aromatic carbocycles. The van der Waals surface area contributed by atoms with Gasteiger partial charge in [-0.2, -0.15) is 5.26 Å². The predicted octanol–water partition coefficient (Wildman–Crippen LogP) is 4.62. The maximum Gasteiger partial charge on any atom is 0.283 e. The van der Waals surface area contributed by atoms with Crippen molar-refractivity contribution in [1.82, 2.24) is 0 Å². The molecule has 4 nitrogen and oxygen atoms in total. The number of nitriles is 1. The maximum atomic E-state index is 11.0. The zero-order valence-electron chi connectivity index (χ0n) is 11.4. The Hall–Kier alpha value is -1.41. The molecule has 0 N–H and O–H groups in total. The Morgan fingerprint density at radius 2 is 2.15 bits per heavy atom. The molecule has 2 rings (SSSR count). The molecular formula is C15H17BrN2O2. The molecule has 1 aliphatic carbocycles. The van der Waals surface area contributed by atoms with Gasteiger partial charge >= 0.3 is 0 Å². The zero-order chi connectivity index (χ0) is 14.8. The lowest BCUT2D eigenvalue weighted by molar-refractivity contribution is -0.385. The Bertz CT molecular complexity index is 557. The average molecular weight is 337 g/mol. The maximum absolute atomic E-state index is 11.0. The molecule has 0 spiro atoms. The second-order valence-electron chi connectivity index (χ2n) is 5.76. The number of nitro groups is 1. The first kappa shape index (κ1) is 15.0. The summed E-state index contributed by atoms with van der Waals surface area (Å²) in [4.78, 5) is 10.6. The van der Waals surface area contributed by atoms with Gasteiger partial charge in [-0.15, -0.1) is 0 Å². The summed E-state index contributed by atoms with van der Waals surface area (Å²) in [5.41, 5.74) is 0.555. The number of hydrogen-bond acceptors (Lipinski definition) is 3. The third-order valence-electron chi connectivity index (χ3n) is 4.25. The molecular weight excluding hydrogens is 320 g/mol. The van der Waals surface area contributed by atoms with Crippen molar-refractivity contribution in [2.24, 2.45) is 11.3 Å². The van der Waals surface area contributed by atoms with Crippen LogP contribution in [-0.2, 0) is 6.42 Å². The van der Waals surface area contributed by atoms with Gasteiger partial charge < -0.3 is 0 Å². The molecule has 106 valence electrons. The van der Waals surface area contributed by atoms with Crippen LogP contribution in [0.1, 0.15) is 38.2 Å². The Balaban J connectivity index is 2.27. The van der Waals surface area contributed by atoms with Crippen LogP contribution in [-0.4, -0.2) is 4.92 Å². The lowest BCUT2D eigenvalue weighted by Gasteiger charge is -2.34. The molecule has 0 amide bonds. The van der Waals surface area contributed by atoms with Gasteiger partial charge in [0.15, 0.2) is 0 Å². The van der Waals surface area contributed by atoms with Gasteiger partial charge in [-0.25, -0.2) is 0 Å². The van der Waals surface area contributed by atoms with Crippen molar-refractivity contribution in [2.75, 3.05) is 0 Å². The van der Waals surface area contributed by atoms with Crippen molar-refractivity contribution in [3.05, 3.63) is 38.3 Å². The van der Waals surface area contributed by atoms with Gasteiger partial charge in [0, 0.05) is 6.07 Å². The van der Waals surface area contributed by atoms with Gasteiger partial charge in [-0.05, 0) is 59.5 Å². The Morgan fingerprint density at radius 3 is 2.70 bits per heavy atom. The molecule has 1 fully saturated rings. The smallest absolute Gasteiger partial charge is 0.258 e. The largest absolute Gasteiger partial charge is 0.283 e. The first-order chi connectivity index (χ1) is 9.47. The summed E-state index contributed by atoms with van der Waals surface area (Å²) >= 11 is 3.32. The molecule has 0 saturated heterocycles. The number of nitrogens with zero attached hydrogens (tertiary/aromatic N) is 2. The van der Waals surface area contributed by atoms with E-state index in [4.69, 9.17) is 0 Å². The Kier molecular flexibility index (Phi) is 4.44. The minimum atomic E-state index is -0.393. The highest BCUT2D eigenvalue weighted by Gasteiger charge is 2.35. The fraction of sp³-hybridized carbons (Fsp3) is 0.533. The van der Waals surface area contributed by atoms with Crippen LogP contribution in [0.25, 0.3) is 0 Å². The van der Waals surface area contributed by atoms with Gasteiger partial charge in [0.25, 0.3) is 5.69 Å². The van der Waals surface area contributed by atoms with E-state index < -0.39 is 4.92 Å². The third kappa shape index (κ3) is 3.01. The number of halogens is 1. The monoisotopic (exact) mass is 336 g/mol. The minimum absolute atomic E-state index is 0.0692. The van der Waals surface area contributed by atoms with Crippen molar-refractivity contribution in [3.63, 3.8) is 0 Å². The molecule has 1 aliphatic rings. The molecule has 1 aromatic rings. The summed E-state index contributed by atoms with van der Waals surface area (Å²) in [5.74, 6) is 0.671. The highest BCUT2D eigenvalue weighted by atomic mass is 79.9. The van der Waals surface area contributed by atoms with Crippen LogP contribution < -0.4 is 0 Å². The molecule has 0 aromatic heterocycles. The average Bonchev–Trinajstić information content (AvgIpc) is 2.43. The molecule has 20 heavy (non-hydrogen) atoms. The summed E-state index contributed by atoms with van der Waals surface area (Å²) in [5, 5.41) is 20.5. The summed E-state index contributed by atoms with van der Waals surface area (Å²) < 4.78 is 0.512. The first-order valence-electron chi connectivity index (χ1n) is 6.80. The molecule has 0 heterocycles. The van der Waals surface area contributed by atoms with Gasteiger partial charge in [-0.1, -0.05) is 19.1 Å². The van der Waals surface area contributed by atoms with Crippen LogP contribution in [0.2, 0.25) is 0 Å². The molecule has 0 atom stereocenters. The first-order valence-corrected chi connectivity index (χ1v) is 7.60. The molecule has 1 saturated carbocycles. The zero-order valence-corrected chi connectivity index (χ0v) is 13.0. The van der Waals surface area contributed by atoms with E-state index in [0.29, 0.717) is 16.8 Å². The van der Waals surface area contributed by atoms with Crippen molar-refractivity contribution in [1.29, 1.82) is 5.26 Å². The lowest BCUT2D eigenvalue weighted by Crippen LogP contribution is -2.27. The van der Waals surface area contributed by atoms with E-state index in [1.54, 1.807) is 6.07 Å². The van der Waals surface area contributed by atoms with Crippen molar-refractivity contribution in [2.45, 2.75) is 39.0 Å². The van der Waals surface area contributed by atoms with Crippen LogP contribution >= 0.6 is 15.9 Å². The van der Waals surface area contributed by atoms with Crippen LogP contribution in [0.3, 0.4) is 0 Å². The summed E-state index contributed by atoms with van der Waals surface area (Å²) in [6.45, 7) is 2.21. The summed E-state index contributed by atoms with van der Waals surface area (Å²) in [6, 6.07) is 7.51. The van der Waals surface area contributed by atoms with E-state index in [2.05, 4.69) is 28.9 Å². The normalized spacial score (nSPS) is 25.9. The Morgan fingerprint density at radius 1 is 1.50 bits per heavy atom. The minimum Gasteiger partial charge on any atom is -0.258 e. The highest BCUT2D eigenvalue weighted by Crippen LogP contribution is 2.42. The van der Waals surface area contributed by atoms with Crippen LogP contribution in [0.15, 0.2) is 22.7 Å². The van der Waals surface area contributed by atoms with Gasteiger partial charge in [-0.3, -0.25) is 10.1 Å². The van der Waals surface area contributed by atoms with E-state index >= 15 is 0 Å². The second kappa shape index (κ2) is 5.92. The number of nitro benzene ring substituents is 1. The van der Waals surface area contributed by atoms with Crippen molar-refractivity contribution >= 4 is 21.6 Å². The third-order valence-corrected chi connectivity index (χ3v) is 5.17. The van der Waals surface area contributed by atoms with Crippen molar-refractivity contribution in [3.8, 4) is 6.07 Å². The highest BCUT2D eigenvalue weighted by molar-refractivity contribution is 9.10. The van der Waals surface area contributed by atoms with E-state index in [1.807, 2.05) is 6.07 Å². The lowest BCUT2D eigenvalue weighted by atomic mass is 9.69. The molecule has 0 bridgehead atoms. The number of benzene rings is 1. The van der Waals surface area contributed by atoms with E-state index in [-0.39, 0.29) is 11.1 Å². The summed E-state index contributed by atoms with van der Waals surface area (Å²) in [7, 11) is 0. The standard InChI is InChI=1S/C15H17BrN2O2/c1-11-5-7-15(10-17,8-6-11)9-12-3-2-4-13(14(12)16)18(19)20/h2-4,11H,5-9H2,1H3. The molecule has 0 unspecified atom stereocenters. The Labute approximate surface area is 127 Å². The van der Waals surface area contributed by atoms with Crippen LogP contribution in [0.4, 0.5) is 5.69 Å². The second-order valence-corrected chi connectivity index (χ2v) is 6.55. The summed E-state index contributed by atoms with van der Waals surface area (Å²) in [6.07, 6.45) is 4.44. The van der Waals surface area contributed by atoms with Crippen molar-refractivity contribution < 1.29 is 4.92 Å². The fourth-order valence-corrected chi connectivity index (χ4v) is 3.40. The number of rotatable bonds is 3. The van der Waals surface area contributed by atoms with Gasteiger partial charge in [0.1, 0.15) is 0 Å². The molecule has 5 heteroatoms. The quantitative estimate of drug-likeness (QED) is 0.597.